The average Bonchev–Trinajstić information content (AvgIpc) is 3.29. The quantitative estimate of drug-likeness (QED) is 0.447. The number of hydrazone groups is 1. The number of nitrogens with one attached hydrogen (secondary N) is 2. The van der Waals surface area contributed by atoms with Crippen LogP contribution in [0.2, 0.25) is 0 Å². The lowest BCUT2D eigenvalue weighted by molar-refractivity contribution is -0.129. The number of sulfonamides is 1. The Hall–Kier alpha value is -2.45. The predicted molar refractivity (Wildman–Crippen MR) is 125 cm³/mol. The van der Waals surface area contributed by atoms with Crippen LogP contribution < -0.4 is 10.1 Å². The fourth-order valence-corrected chi connectivity index (χ4v) is 7.63. The van der Waals surface area contributed by atoms with Crippen molar-refractivity contribution in [1.82, 2.24) is 10.1 Å². The fourth-order valence-electron chi connectivity index (χ4n) is 6.64. The minimum Gasteiger partial charge on any atom is -0.468 e. The summed E-state index contributed by atoms with van der Waals surface area (Å²) in [6, 6.07) is 9.90. The van der Waals surface area contributed by atoms with Gasteiger partial charge in [-0.1, -0.05) is 12.1 Å². The third-order valence-corrected chi connectivity index (χ3v) is 9.06. The first-order chi connectivity index (χ1) is 15.8. The Kier molecular flexibility index (Phi) is 5.91. The summed E-state index contributed by atoms with van der Waals surface area (Å²) in [6.07, 6.45) is 9.73. The Morgan fingerprint density at radius 1 is 1.06 bits per heavy atom. The zero-order valence-electron chi connectivity index (χ0n) is 18.9. The van der Waals surface area contributed by atoms with Crippen LogP contribution in [0.1, 0.15) is 63.2 Å². The van der Waals surface area contributed by atoms with Gasteiger partial charge in [0.05, 0.1) is 23.4 Å². The van der Waals surface area contributed by atoms with Gasteiger partial charge in [0.2, 0.25) is 15.9 Å². The molecule has 1 aromatic carbocycles. The van der Waals surface area contributed by atoms with Crippen LogP contribution in [-0.4, -0.2) is 20.0 Å². The molecule has 0 aliphatic heterocycles. The molecule has 1 heterocycles. The number of benzene rings is 1. The molecule has 1 amide bonds. The Morgan fingerprint density at radius 3 is 2.27 bits per heavy atom. The van der Waals surface area contributed by atoms with Gasteiger partial charge in [-0.15, -0.1) is 0 Å². The van der Waals surface area contributed by atoms with Gasteiger partial charge in [0.1, 0.15) is 5.76 Å². The predicted octanol–water partition coefficient (Wildman–Crippen LogP) is 4.20. The molecule has 6 rings (SSSR count). The Balaban J connectivity index is 1.17. The fraction of sp³-hybridized carbons (Fsp3) is 0.520. The molecule has 2 aromatic rings. The molecule has 4 aliphatic carbocycles. The van der Waals surface area contributed by atoms with E-state index < -0.39 is 10.0 Å². The lowest BCUT2D eigenvalue weighted by atomic mass is 9.49. The molecule has 8 heteroatoms. The van der Waals surface area contributed by atoms with E-state index in [0.29, 0.717) is 17.9 Å². The van der Waals surface area contributed by atoms with Crippen molar-refractivity contribution in [3.8, 4) is 0 Å². The second-order valence-electron chi connectivity index (χ2n) is 10.3. The summed E-state index contributed by atoms with van der Waals surface area (Å²) < 4.78 is 32.7. The Morgan fingerprint density at radius 2 is 1.70 bits per heavy atom. The van der Waals surface area contributed by atoms with E-state index in [1.807, 2.05) is 6.92 Å². The summed E-state index contributed by atoms with van der Waals surface area (Å²) in [6.45, 7) is 1.90. The van der Waals surface area contributed by atoms with Crippen molar-refractivity contribution in [3.05, 3.63) is 54.0 Å². The smallest absolute Gasteiger partial charge is 0.240 e. The van der Waals surface area contributed by atoms with Crippen LogP contribution in [0, 0.1) is 23.2 Å². The van der Waals surface area contributed by atoms with Crippen LogP contribution >= 0.6 is 0 Å². The van der Waals surface area contributed by atoms with Crippen molar-refractivity contribution in [1.29, 1.82) is 0 Å². The highest BCUT2D eigenvalue weighted by atomic mass is 32.2. The number of carbonyl (C=O) groups is 1. The van der Waals surface area contributed by atoms with E-state index in [4.69, 9.17) is 4.42 Å². The summed E-state index contributed by atoms with van der Waals surface area (Å²) in [4.78, 5) is 12.9. The van der Waals surface area contributed by atoms with Gasteiger partial charge in [-0.25, -0.2) is 18.6 Å². The SMILES string of the molecule is C/C(=N\NC(=O)CC12CC3CC(CC(C3)C1)C2)c1ccc(S(=O)(=O)NCc2ccco2)cc1. The lowest BCUT2D eigenvalue weighted by Gasteiger charge is -2.56. The van der Waals surface area contributed by atoms with Crippen LogP contribution in [0.5, 0.6) is 0 Å². The molecule has 176 valence electrons. The highest BCUT2D eigenvalue weighted by Crippen LogP contribution is 2.61. The first kappa shape index (κ1) is 22.3. The molecule has 7 nitrogen and oxygen atoms in total. The third-order valence-electron chi connectivity index (χ3n) is 7.65. The van der Waals surface area contributed by atoms with Gasteiger partial charge >= 0.3 is 0 Å². The Bertz CT molecular complexity index is 1100. The summed E-state index contributed by atoms with van der Waals surface area (Å²) in [7, 11) is -3.65. The topological polar surface area (TPSA) is 101 Å². The second kappa shape index (κ2) is 8.72. The molecular weight excluding hydrogens is 438 g/mol. The van der Waals surface area contributed by atoms with Gasteiger partial charge in [0.25, 0.3) is 0 Å². The second-order valence-corrected chi connectivity index (χ2v) is 12.0. The zero-order chi connectivity index (χ0) is 23.1. The number of nitrogens with zero attached hydrogens (tertiary/aromatic N) is 1. The van der Waals surface area contributed by atoms with Crippen LogP contribution in [0.15, 0.2) is 57.1 Å². The van der Waals surface area contributed by atoms with Crippen LogP contribution in [-0.2, 0) is 21.4 Å². The first-order valence-corrected chi connectivity index (χ1v) is 13.2. The number of hydrogen-bond donors (Lipinski definition) is 2. The van der Waals surface area contributed by atoms with Gasteiger partial charge in [0.15, 0.2) is 0 Å². The highest BCUT2D eigenvalue weighted by molar-refractivity contribution is 7.89. The van der Waals surface area contributed by atoms with Crippen LogP contribution in [0.3, 0.4) is 0 Å². The van der Waals surface area contributed by atoms with E-state index in [1.165, 1.54) is 56.9 Å². The molecular formula is C25H31N3O4S. The average molecular weight is 470 g/mol. The molecule has 2 N–H and O–H groups in total. The van der Waals surface area contributed by atoms with Crippen molar-refractivity contribution in [3.63, 3.8) is 0 Å². The molecule has 0 radical (unpaired) electrons. The van der Waals surface area contributed by atoms with Gasteiger partial charge in [-0.2, -0.15) is 5.10 Å². The molecule has 33 heavy (non-hydrogen) atoms. The minimum atomic E-state index is -3.65. The molecule has 0 unspecified atom stereocenters. The lowest BCUT2D eigenvalue weighted by Crippen LogP contribution is -2.47. The molecule has 4 saturated carbocycles. The third kappa shape index (κ3) is 4.92. The summed E-state index contributed by atoms with van der Waals surface area (Å²) in [5, 5.41) is 4.29. The number of amides is 1. The van der Waals surface area contributed by atoms with Gasteiger partial charge in [0, 0.05) is 6.42 Å². The summed E-state index contributed by atoms with van der Waals surface area (Å²) >= 11 is 0. The van der Waals surface area contributed by atoms with Crippen LogP contribution in [0.25, 0.3) is 0 Å². The van der Waals surface area contributed by atoms with Crippen molar-refractivity contribution in [2.45, 2.75) is 63.3 Å². The molecule has 4 aliphatic rings. The number of carbonyl (C=O) groups excluding carboxylic acids is 1. The number of hydrogen-bond acceptors (Lipinski definition) is 5. The molecule has 1 aromatic heterocycles. The first-order valence-electron chi connectivity index (χ1n) is 11.8. The van der Waals surface area contributed by atoms with Crippen molar-refractivity contribution in [2.24, 2.45) is 28.3 Å². The number of furan rings is 1. The van der Waals surface area contributed by atoms with Gasteiger partial charge in [-0.3, -0.25) is 4.79 Å². The molecule has 4 bridgehead atoms. The van der Waals surface area contributed by atoms with E-state index in [0.717, 1.165) is 23.3 Å². The van der Waals surface area contributed by atoms with E-state index in [9.17, 15) is 13.2 Å². The standard InChI is InChI=1S/C25H31N3O4S/c1-17(21-4-6-23(7-5-21)33(30,31)26-16-22-3-2-8-32-22)27-28-24(29)15-25-12-18-9-19(13-25)11-20(10-18)14-25/h2-8,18-20,26H,9-16H2,1H3,(H,28,29)/b27-17+. The van der Waals surface area contributed by atoms with Crippen LogP contribution in [0.4, 0.5) is 0 Å². The van der Waals surface area contributed by atoms with Gasteiger partial charge in [-0.05, 0) is 98.4 Å². The van der Waals surface area contributed by atoms with E-state index >= 15 is 0 Å². The highest BCUT2D eigenvalue weighted by Gasteiger charge is 2.51. The monoisotopic (exact) mass is 469 g/mol. The molecule has 4 fully saturated rings. The minimum absolute atomic E-state index is 0.0161. The van der Waals surface area contributed by atoms with Crippen molar-refractivity contribution >= 4 is 21.6 Å². The summed E-state index contributed by atoms with van der Waals surface area (Å²) in [5.41, 5.74) is 4.33. The normalized spacial score (nSPS) is 28.8. The van der Waals surface area contributed by atoms with Crippen molar-refractivity contribution < 1.29 is 17.6 Å². The van der Waals surface area contributed by atoms with E-state index in [2.05, 4.69) is 15.2 Å². The largest absolute Gasteiger partial charge is 0.468 e. The maximum Gasteiger partial charge on any atom is 0.240 e. The van der Waals surface area contributed by atoms with E-state index in [1.54, 1.807) is 24.3 Å². The maximum atomic E-state index is 12.7. The Labute approximate surface area is 195 Å². The number of rotatable bonds is 8. The summed E-state index contributed by atoms with van der Waals surface area (Å²) in [5.74, 6) is 2.98. The maximum absolute atomic E-state index is 12.7. The van der Waals surface area contributed by atoms with E-state index in [-0.39, 0.29) is 22.8 Å². The van der Waals surface area contributed by atoms with Crippen molar-refractivity contribution in [2.75, 3.05) is 0 Å². The molecule has 0 saturated heterocycles. The van der Waals surface area contributed by atoms with Gasteiger partial charge < -0.3 is 4.42 Å². The molecule has 0 spiro atoms. The molecule has 0 atom stereocenters. The zero-order valence-corrected chi connectivity index (χ0v) is 19.7.